The van der Waals surface area contributed by atoms with Crippen LogP contribution in [0.15, 0.2) is 24.3 Å². The summed E-state index contributed by atoms with van der Waals surface area (Å²) in [6.45, 7) is 1.87. The third-order valence-electron chi connectivity index (χ3n) is 1.87. The van der Waals surface area contributed by atoms with E-state index in [9.17, 15) is 8.42 Å². The van der Waals surface area contributed by atoms with Gasteiger partial charge in [0.1, 0.15) is 0 Å². The van der Waals surface area contributed by atoms with Crippen LogP contribution < -0.4 is 10.9 Å². The van der Waals surface area contributed by atoms with Gasteiger partial charge in [0.2, 0.25) is 10.0 Å². The average molecular weight is 214 g/mol. The second-order valence-corrected chi connectivity index (χ2v) is 4.95. The minimum absolute atomic E-state index is 0.0430. The molecular formula is C9H14N2O2S. The predicted molar refractivity (Wildman–Crippen MR) is 55.9 cm³/mol. The summed E-state index contributed by atoms with van der Waals surface area (Å²) in [6.07, 6.45) is 0. The number of sulfonamides is 1. The molecule has 0 heterocycles. The Balaban J connectivity index is 2.84. The molecule has 1 atom stereocenters. The van der Waals surface area contributed by atoms with Crippen molar-refractivity contribution in [2.45, 2.75) is 18.7 Å². The van der Waals surface area contributed by atoms with Crippen molar-refractivity contribution < 1.29 is 8.42 Å². The molecule has 0 saturated carbocycles. The fourth-order valence-corrected chi connectivity index (χ4v) is 1.81. The fraction of sp³-hybridized carbons (Fsp3) is 0.333. The normalized spacial score (nSPS) is 13.9. The van der Waals surface area contributed by atoms with E-state index in [4.69, 9.17) is 10.9 Å². The number of primary sulfonamides is 1. The van der Waals surface area contributed by atoms with E-state index in [0.717, 1.165) is 5.56 Å². The van der Waals surface area contributed by atoms with Crippen molar-refractivity contribution in [3.05, 3.63) is 35.4 Å². The lowest BCUT2D eigenvalue weighted by Crippen LogP contribution is -2.14. The number of nitrogens with two attached hydrogens (primary N) is 2. The minimum atomic E-state index is -3.44. The largest absolute Gasteiger partial charge is 0.324 e. The Morgan fingerprint density at radius 3 is 2.14 bits per heavy atom. The summed E-state index contributed by atoms with van der Waals surface area (Å²) in [5, 5.41) is 4.91. The Morgan fingerprint density at radius 1 is 1.29 bits per heavy atom. The summed E-state index contributed by atoms with van der Waals surface area (Å²) in [4.78, 5) is 0. The van der Waals surface area contributed by atoms with Crippen molar-refractivity contribution in [1.29, 1.82) is 0 Å². The minimum Gasteiger partial charge on any atom is -0.324 e. The van der Waals surface area contributed by atoms with E-state index >= 15 is 0 Å². The molecule has 0 amide bonds. The maximum absolute atomic E-state index is 10.8. The van der Waals surface area contributed by atoms with Gasteiger partial charge in [-0.15, -0.1) is 0 Å². The van der Waals surface area contributed by atoms with Crippen LogP contribution >= 0.6 is 0 Å². The second-order valence-electron chi connectivity index (χ2n) is 3.34. The Kier molecular flexibility index (Phi) is 3.25. The van der Waals surface area contributed by atoms with Crippen molar-refractivity contribution in [2.75, 3.05) is 0 Å². The molecule has 0 spiro atoms. The maximum atomic E-state index is 10.8. The molecule has 0 fully saturated rings. The first-order valence-electron chi connectivity index (χ1n) is 4.23. The van der Waals surface area contributed by atoms with Gasteiger partial charge >= 0.3 is 0 Å². The third-order valence-corrected chi connectivity index (χ3v) is 2.61. The van der Waals surface area contributed by atoms with E-state index in [1.807, 2.05) is 19.1 Å². The molecule has 5 heteroatoms. The predicted octanol–water partition coefficient (Wildman–Crippen LogP) is 0.495. The Hall–Kier alpha value is -0.910. The summed E-state index contributed by atoms with van der Waals surface area (Å²) in [5.41, 5.74) is 7.30. The first-order chi connectivity index (χ1) is 6.38. The molecule has 78 valence electrons. The molecule has 0 bridgehead atoms. The molecule has 1 rings (SSSR count). The Morgan fingerprint density at radius 2 is 1.79 bits per heavy atom. The van der Waals surface area contributed by atoms with E-state index < -0.39 is 10.0 Å². The monoisotopic (exact) mass is 214 g/mol. The van der Waals surface area contributed by atoms with Gasteiger partial charge in [-0.25, -0.2) is 13.6 Å². The molecule has 0 radical (unpaired) electrons. The lowest BCUT2D eigenvalue weighted by molar-refractivity contribution is 0.597. The molecular weight excluding hydrogens is 200 g/mol. The molecule has 0 aliphatic carbocycles. The SMILES string of the molecule is CC(N)c1ccc(CS(N)(=O)=O)cc1. The number of hydrogen-bond donors (Lipinski definition) is 2. The first-order valence-corrected chi connectivity index (χ1v) is 5.95. The van der Waals surface area contributed by atoms with Crippen molar-refractivity contribution in [3.8, 4) is 0 Å². The summed E-state index contributed by atoms with van der Waals surface area (Å²) in [7, 11) is -3.44. The van der Waals surface area contributed by atoms with E-state index in [-0.39, 0.29) is 11.8 Å². The zero-order valence-electron chi connectivity index (χ0n) is 7.97. The molecule has 14 heavy (non-hydrogen) atoms. The van der Waals surface area contributed by atoms with Crippen molar-refractivity contribution in [2.24, 2.45) is 10.9 Å². The van der Waals surface area contributed by atoms with Gasteiger partial charge in [0, 0.05) is 6.04 Å². The number of hydrogen-bond acceptors (Lipinski definition) is 3. The molecule has 1 unspecified atom stereocenters. The zero-order valence-corrected chi connectivity index (χ0v) is 8.79. The lowest BCUT2D eigenvalue weighted by Gasteiger charge is -2.06. The van der Waals surface area contributed by atoms with Crippen molar-refractivity contribution in [3.63, 3.8) is 0 Å². The summed E-state index contributed by atoms with van der Waals surface area (Å²) < 4.78 is 21.5. The Labute approximate surface area is 84.0 Å². The van der Waals surface area contributed by atoms with Crippen LogP contribution in [0.3, 0.4) is 0 Å². The second kappa shape index (κ2) is 4.08. The smallest absolute Gasteiger partial charge is 0.213 e. The molecule has 4 N–H and O–H groups in total. The summed E-state index contributed by atoms with van der Waals surface area (Å²) in [5.74, 6) is -0.133. The number of rotatable bonds is 3. The van der Waals surface area contributed by atoms with Gasteiger partial charge in [-0.2, -0.15) is 0 Å². The van der Waals surface area contributed by atoms with Gasteiger partial charge in [-0.3, -0.25) is 0 Å². The van der Waals surface area contributed by atoms with Gasteiger partial charge < -0.3 is 5.73 Å². The topological polar surface area (TPSA) is 86.2 Å². The average Bonchev–Trinajstić information content (AvgIpc) is 2.02. The summed E-state index contributed by atoms with van der Waals surface area (Å²) in [6, 6.07) is 7.03. The van der Waals surface area contributed by atoms with Crippen LogP contribution in [0.1, 0.15) is 24.1 Å². The molecule has 0 saturated heterocycles. The van der Waals surface area contributed by atoms with Gasteiger partial charge in [0.25, 0.3) is 0 Å². The van der Waals surface area contributed by atoms with Crippen LogP contribution in [0, 0.1) is 0 Å². The van der Waals surface area contributed by atoms with Gasteiger partial charge in [0.05, 0.1) is 5.75 Å². The highest BCUT2D eigenvalue weighted by molar-refractivity contribution is 7.88. The highest BCUT2D eigenvalue weighted by Crippen LogP contribution is 2.11. The van der Waals surface area contributed by atoms with Gasteiger partial charge in [0.15, 0.2) is 0 Å². The molecule has 1 aromatic carbocycles. The van der Waals surface area contributed by atoms with Gasteiger partial charge in [-0.05, 0) is 18.1 Å². The van der Waals surface area contributed by atoms with Crippen LogP contribution in [-0.2, 0) is 15.8 Å². The maximum Gasteiger partial charge on any atom is 0.213 e. The first kappa shape index (κ1) is 11.2. The Bertz CT molecular complexity index is 395. The molecule has 0 aliphatic rings. The molecule has 0 aromatic heterocycles. The highest BCUT2D eigenvalue weighted by atomic mass is 32.2. The zero-order chi connectivity index (χ0) is 10.8. The quantitative estimate of drug-likeness (QED) is 0.768. The summed E-state index contributed by atoms with van der Waals surface area (Å²) >= 11 is 0. The number of benzene rings is 1. The van der Waals surface area contributed by atoms with Crippen LogP contribution in [0.2, 0.25) is 0 Å². The molecule has 0 aliphatic heterocycles. The van der Waals surface area contributed by atoms with E-state index in [0.29, 0.717) is 5.56 Å². The van der Waals surface area contributed by atoms with Crippen molar-refractivity contribution in [1.82, 2.24) is 0 Å². The van der Waals surface area contributed by atoms with Crippen LogP contribution in [0.25, 0.3) is 0 Å². The highest BCUT2D eigenvalue weighted by Gasteiger charge is 2.05. The van der Waals surface area contributed by atoms with Crippen molar-refractivity contribution >= 4 is 10.0 Å². The van der Waals surface area contributed by atoms with Crippen LogP contribution in [0.4, 0.5) is 0 Å². The van der Waals surface area contributed by atoms with Crippen LogP contribution in [-0.4, -0.2) is 8.42 Å². The van der Waals surface area contributed by atoms with Crippen LogP contribution in [0.5, 0.6) is 0 Å². The van der Waals surface area contributed by atoms with Gasteiger partial charge in [-0.1, -0.05) is 24.3 Å². The lowest BCUT2D eigenvalue weighted by atomic mass is 10.1. The fourth-order valence-electron chi connectivity index (χ4n) is 1.15. The standard InChI is InChI=1S/C9H14N2O2S/c1-7(10)9-4-2-8(3-5-9)6-14(11,12)13/h2-5,7H,6,10H2,1H3,(H2,11,12,13). The van der Waals surface area contributed by atoms with E-state index in [2.05, 4.69) is 0 Å². The third kappa shape index (κ3) is 3.45. The van der Waals surface area contributed by atoms with E-state index in [1.54, 1.807) is 12.1 Å². The molecule has 1 aromatic rings. The molecule has 4 nitrogen and oxygen atoms in total. The van der Waals surface area contributed by atoms with E-state index in [1.165, 1.54) is 0 Å².